The van der Waals surface area contributed by atoms with E-state index in [2.05, 4.69) is 19.2 Å². The second-order valence-corrected chi connectivity index (χ2v) is 10.5. The standard InChI is InChI=1S/C19H28ClN3O3S/c1-14(2)6-11-23-13-15-7-9-22(10-8-18(15)27(23,25)26)19(24)21-17-5-3-4-16(20)12-17/h3-5,12,14-15,18H,6-11,13H2,1-2H3,(H,21,24)/t15-,18-/m0/s1. The van der Waals surface area contributed by atoms with Crippen molar-refractivity contribution in [1.29, 1.82) is 0 Å². The quantitative estimate of drug-likeness (QED) is 0.819. The van der Waals surface area contributed by atoms with Crippen molar-refractivity contribution >= 4 is 33.3 Å². The highest BCUT2D eigenvalue weighted by molar-refractivity contribution is 7.90. The minimum absolute atomic E-state index is 0.103. The van der Waals surface area contributed by atoms with Crippen molar-refractivity contribution in [2.45, 2.75) is 38.4 Å². The van der Waals surface area contributed by atoms with Crippen molar-refractivity contribution in [2.75, 3.05) is 31.5 Å². The van der Waals surface area contributed by atoms with E-state index < -0.39 is 10.0 Å². The molecule has 0 aliphatic carbocycles. The fourth-order valence-electron chi connectivity index (χ4n) is 3.89. The monoisotopic (exact) mass is 413 g/mol. The first-order valence-corrected chi connectivity index (χ1v) is 11.5. The molecule has 2 aliphatic heterocycles. The predicted octanol–water partition coefficient (Wildman–Crippen LogP) is 3.64. The summed E-state index contributed by atoms with van der Waals surface area (Å²) in [6.45, 7) is 6.43. The van der Waals surface area contributed by atoms with E-state index in [0.29, 0.717) is 55.6 Å². The Morgan fingerprint density at radius 3 is 2.74 bits per heavy atom. The van der Waals surface area contributed by atoms with Crippen molar-refractivity contribution in [3.8, 4) is 0 Å². The average Bonchev–Trinajstić information content (AvgIpc) is 2.74. The highest BCUT2D eigenvalue weighted by Gasteiger charge is 2.46. The van der Waals surface area contributed by atoms with E-state index in [4.69, 9.17) is 11.6 Å². The van der Waals surface area contributed by atoms with Gasteiger partial charge in [0.1, 0.15) is 0 Å². The molecule has 2 amide bonds. The maximum Gasteiger partial charge on any atom is 0.321 e. The number of fused-ring (bicyclic) bond motifs is 1. The van der Waals surface area contributed by atoms with Crippen LogP contribution in [-0.4, -0.2) is 55.1 Å². The minimum Gasteiger partial charge on any atom is -0.324 e. The zero-order chi connectivity index (χ0) is 19.6. The lowest BCUT2D eigenvalue weighted by Crippen LogP contribution is -2.37. The number of hydrogen-bond donors (Lipinski definition) is 1. The summed E-state index contributed by atoms with van der Waals surface area (Å²) in [5.74, 6) is 0.586. The molecule has 0 bridgehead atoms. The van der Waals surface area contributed by atoms with Gasteiger partial charge in [-0.1, -0.05) is 31.5 Å². The van der Waals surface area contributed by atoms with Gasteiger partial charge in [0.25, 0.3) is 0 Å². The Morgan fingerprint density at radius 2 is 2.04 bits per heavy atom. The van der Waals surface area contributed by atoms with Gasteiger partial charge in [0.15, 0.2) is 0 Å². The van der Waals surface area contributed by atoms with Crippen LogP contribution in [0.2, 0.25) is 5.02 Å². The number of amides is 2. The molecule has 1 aromatic carbocycles. The van der Waals surface area contributed by atoms with Crippen molar-refractivity contribution in [3.05, 3.63) is 29.3 Å². The van der Waals surface area contributed by atoms with Crippen LogP contribution < -0.4 is 5.32 Å². The van der Waals surface area contributed by atoms with Crippen LogP contribution in [0.5, 0.6) is 0 Å². The Kier molecular flexibility index (Phi) is 6.33. The van der Waals surface area contributed by atoms with E-state index in [0.717, 1.165) is 6.42 Å². The third kappa shape index (κ3) is 4.76. The first-order chi connectivity index (χ1) is 12.8. The van der Waals surface area contributed by atoms with Crippen LogP contribution >= 0.6 is 11.6 Å². The molecule has 0 unspecified atom stereocenters. The second kappa shape index (κ2) is 8.37. The summed E-state index contributed by atoms with van der Waals surface area (Å²) in [7, 11) is -3.26. The molecule has 8 heteroatoms. The predicted molar refractivity (Wildman–Crippen MR) is 109 cm³/mol. The molecule has 2 aliphatic rings. The van der Waals surface area contributed by atoms with Crippen molar-refractivity contribution in [3.63, 3.8) is 0 Å². The molecule has 2 saturated heterocycles. The smallest absolute Gasteiger partial charge is 0.321 e. The summed E-state index contributed by atoms with van der Waals surface area (Å²) in [5, 5.41) is 3.04. The summed E-state index contributed by atoms with van der Waals surface area (Å²) in [6, 6.07) is 6.81. The van der Waals surface area contributed by atoms with E-state index in [1.165, 1.54) is 0 Å². The highest BCUT2D eigenvalue weighted by atomic mass is 35.5. The number of urea groups is 1. The molecular formula is C19H28ClN3O3S. The molecule has 0 radical (unpaired) electrons. The summed E-state index contributed by atoms with van der Waals surface area (Å²) >= 11 is 5.96. The molecule has 2 atom stereocenters. The average molecular weight is 414 g/mol. The van der Waals surface area contributed by atoms with E-state index in [9.17, 15) is 13.2 Å². The summed E-state index contributed by atoms with van der Waals surface area (Å²) < 4.78 is 27.5. The summed E-state index contributed by atoms with van der Waals surface area (Å²) in [5.41, 5.74) is 0.643. The number of hydrogen-bond acceptors (Lipinski definition) is 3. The van der Waals surface area contributed by atoms with Crippen LogP contribution in [0.25, 0.3) is 0 Å². The topological polar surface area (TPSA) is 69.7 Å². The zero-order valence-electron chi connectivity index (χ0n) is 15.9. The largest absolute Gasteiger partial charge is 0.324 e. The van der Waals surface area contributed by atoms with Crippen LogP contribution in [0.15, 0.2) is 24.3 Å². The summed E-state index contributed by atoms with van der Waals surface area (Å²) in [6.07, 6.45) is 2.09. The lowest BCUT2D eigenvalue weighted by atomic mass is 10.0. The first-order valence-electron chi connectivity index (χ1n) is 9.58. The minimum atomic E-state index is -3.26. The zero-order valence-corrected chi connectivity index (χ0v) is 17.5. The number of benzene rings is 1. The van der Waals surface area contributed by atoms with Gasteiger partial charge in [0, 0.05) is 36.9 Å². The SMILES string of the molecule is CC(C)CCN1C[C@@H]2CCN(C(=O)Nc3cccc(Cl)c3)CC[C@@H]2S1(=O)=O. The highest BCUT2D eigenvalue weighted by Crippen LogP contribution is 2.34. The van der Waals surface area contributed by atoms with Gasteiger partial charge < -0.3 is 10.2 Å². The molecule has 2 heterocycles. The number of carbonyl (C=O) groups is 1. The van der Waals surface area contributed by atoms with E-state index in [1.54, 1.807) is 33.5 Å². The number of nitrogens with one attached hydrogen (secondary N) is 1. The normalized spacial score (nSPS) is 25.3. The number of nitrogens with zero attached hydrogens (tertiary/aromatic N) is 2. The number of rotatable bonds is 4. The fourth-order valence-corrected chi connectivity index (χ4v) is 6.33. The van der Waals surface area contributed by atoms with E-state index in [1.807, 2.05) is 0 Å². The van der Waals surface area contributed by atoms with Crippen LogP contribution in [0.4, 0.5) is 10.5 Å². The number of likely N-dealkylation sites (tertiary alicyclic amines) is 1. The van der Waals surface area contributed by atoms with E-state index >= 15 is 0 Å². The van der Waals surface area contributed by atoms with Gasteiger partial charge in [-0.25, -0.2) is 17.5 Å². The first kappa shape index (κ1) is 20.4. The number of anilines is 1. The molecule has 6 nitrogen and oxygen atoms in total. The second-order valence-electron chi connectivity index (χ2n) is 7.89. The molecule has 1 N–H and O–H groups in total. The Labute approximate surface area is 166 Å². The summed E-state index contributed by atoms with van der Waals surface area (Å²) in [4.78, 5) is 14.3. The number of halogens is 1. The molecule has 0 saturated carbocycles. The maximum absolute atomic E-state index is 12.9. The number of carbonyl (C=O) groups excluding carboxylic acids is 1. The van der Waals surface area contributed by atoms with Gasteiger partial charge in [0.2, 0.25) is 10.0 Å². The van der Waals surface area contributed by atoms with Crippen molar-refractivity contribution in [1.82, 2.24) is 9.21 Å². The van der Waals surface area contributed by atoms with Gasteiger partial charge in [0.05, 0.1) is 5.25 Å². The molecule has 1 aromatic rings. The van der Waals surface area contributed by atoms with Crippen molar-refractivity contribution in [2.24, 2.45) is 11.8 Å². The van der Waals surface area contributed by atoms with Crippen molar-refractivity contribution < 1.29 is 13.2 Å². The van der Waals surface area contributed by atoms with Crippen LogP contribution in [0.1, 0.15) is 33.1 Å². The lowest BCUT2D eigenvalue weighted by Gasteiger charge is -2.23. The van der Waals surface area contributed by atoms with Gasteiger partial charge in [-0.3, -0.25) is 0 Å². The lowest BCUT2D eigenvalue weighted by molar-refractivity contribution is 0.212. The van der Waals surface area contributed by atoms with Gasteiger partial charge in [-0.2, -0.15) is 0 Å². The number of sulfonamides is 1. The molecular weight excluding hydrogens is 386 g/mol. The Hall–Kier alpha value is -1.31. The Balaban J connectivity index is 1.61. The molecule has 150 valence electrons. The Morgan fingerprint density at radius 1 is 1.30 bits per heavy atom. The third-order valence-electron chi connectivity index (χ3n) is 5.48. The molecule has 0 spiro atoms. The molecule has 0 aromatic heterocycles. The molecule has 3 rings (SSSR count). The van der Waals surface area contributed by atoms with Gasteiger partial charge in [-0.15, -0.1) is 0 Å². The van der Waals surface area contributed by atoms with Crippen LogP contribution in [0, 0.1) is 11.8 Å². The Bertz CT molecular complexity index is 784. The van der Waals surface area contributed by atoms with E-state index in [-0.39, 0.29) is 17.2 Å². The third-order valence-corrected chi connectivity index (χ3v) is 8.15. The maximum atomic E-state index is 12.9. The fraction of sp³-hybridized carbons (Fsp3) is 0.632. The molecule has 27 heavy (non-hydrogen) atoms. The molecule has 2 fully saturated rings. The van der Waals surface area contributed by atoms with Crippen LogP contribution in [-0.2, 0) is 10.0 Å². The van der Waals surface area contributed by atoms with Gasteiger partial charge >= 0.3 is 6.03 Å². The van der Waals surface area contributed by atoms with Crippen LogP contribution in [0.3, 0.4) is 0 Å². The van der Waals surface area contributed by atoms with Gasteiger partial charge in [-0.05, 0) is 49.3 Å².